The van der Waals surface area contributed by atoms with E-state index in [2.05, 4.69) is 5.32 Å². The molecule has 1 amide bonds. The first-order valence-electron chi connectivity index (χ1n) is 6.56. The first kappa shape index (κ1) is 14.1. The molecular weight excluding hydrogens is 262 g/mol. The predicted octanol–water partition coefficient (Wildman–Crippen LogP) is 2.69. The van der Waals surface area contributed by atoms with E-state index in [1.165, 1.54) is 0 Å². The molecule has 1 unspecified atom stereocenters. The number of Topliss-reactive ketones (excluding diaryl/α,β-unsaturated/α-hetero) is 1. The molecule has 0 aliphatic heterocycles. The number of hydrogen-bond acceptors (Lipinski definition) is 2. The van der Waals surface area contributed by atoms with Gasteiger partial charge in [0.05, 0.1) is 0 Å². The second kappa shape index (κ2) is 5.74. The number of hydrogen-bond donors (Lipinski definition) is 1. The molecule has 1 aliphatic rings. The van der Waals surface area contributed by atoms with Crippen LogP contribution in [0.15, 0.2) is 24.3 Å². The number of rotatable bonds is 3. The van der Waals surface area contributed by atoms with Crippen LogP contribution in [0, 0.1) is 6.92 Å². The molecule has 1 atom stereocenters. The van der Waals surface area contributed by atoms with Crippen molar-refractivity contribution in [2.45, 2.75) is 38.1 Å². The normalized spacial score (nSPS) is 23.2. The van der Waals surface area contributed by atoms with E-state index in [1.807, 2.05) is 31.2 Å². The van der Waals surface area contributed by atoms with Crippen molar-refractivity contribution in [3.8, 4) is 0 Å². The second-order valence-electron chi connectivity index (χ2n) is 5.03. The maximum absolute atomic E-state index is 12.5. The van der Waals surface area contributed by atoms with Crippen molar-refractivity contribution in [3.05, 3.63) is 35.4 Å². The Morgan fingerprint density at radius 2 is 2.11 bits per heavy atom. The standard InChI is InChI=1S/C15H18ClNO2/c1-11-6-2-3-7-12(11)15(17-14(19)10-16)9-5-4-8-13(15)18/h2-3,6-7H,4-5,8-10H2,1H3,(H,17,19). The summed E-state index contributed by atoms with van der Waals surface area (Å²) in [5.74, 6) is -0.326. The topological polar surface area (TPSA) is 46.2 Å². The van der Waals surface area contributed by atoms with E-state index >= 15 is 0 Å². The Bertz CT molecular complexity index is 501. The number of aryl methyl sites for hydroxylation is 1. The fourth-order valence-corrected chi connectivity index (χ4v) is 2.90. The lowest BCUT2D eigenvalue weighted by molar-refractivity contribution is -0.133. The predicted molar refractivity (Wildman–Crippen MR) is 75.2 cm³/mol. The van der Waals surface area contributed by atoms with Crippen LogP contribution in [0.3, 0.4) is 0 Å². The Labute approximate surface area is 118 Å². The first-order chi connectivity index (χ1) is 9.10. The summed E-state index contributed by atoms with van der Waals surface area (Å²) < 4.78 is 0. The van der Waals surface area contributed by atoms with E-state index < -0.39 is 5.54 Å². The summed E-state index contributed by atoms with van der Waals surface area (Å²) in [5.41, 5.74) is 1.04. The number of benzene rings is 1. The molecule has 102 valence electrons. The van der Waals surface area contributed by atoms with Gasteiger partial charge in [0, 0.05) is 6.42 Å². The summed E-state index contributed by atoms with van der Waals surface area (Å²) in [5, 5.41) is 2.87. The fourth-order valence-electron chi connectivity index (χ4n) is 2.84. The number of carbonyl (C=O) groups excluding carboxylic acids is 2. The monoisotopic (exact) mass is 279 g/mol. The highest BCUT2D eigenvalue weighted by molar-refractivity contribution is 6.27. The lowest BCUT2D eigenvalue weighted by Gasteiger charge is -2.37. The average molecular weight is 280 g/mol. The molecule has 1 aliphatic carbocycles. The maximum atomic E-state index is 12.5. The molecule has 1 N–H and O–H groups in total. The molecular formula is C15H18ClNO2. The summed E-state index contributed by atoms with van der Waals surface area (Å²) in [7, 11) is 0. The zero-order chi connectivity index (χ0) is 13.9. The van der Waals surface area contributed by atoms with Gasteiger partial charge in [0.1, 0.15) is 11.4 Å². The number of amides is 1. The maximum Gasteiger partial charge on any atom is 0.235 e. The Morgan fingerprint density at radius 1 is 1.37 bits per heavy atom. The molecule has 4 heteroatoms. The summed E-state index contributed by atoms with van der Waals surface area (Å²) in [6, 6.07) is 7.72. The van der Waals surface area contributed by atoms with Gasteiger partial charge in [-0.05, 0) is 37.3 Å². The number of ketones is 1. The van der Waals surface area contributed by atoms with Gasteiger partial charge >= 0.3 is 0 Å². The van der Waals surface area contributed by atoms with Gasteiger partial charge < -0.3 is 5.32 Å². The molecule has 1 saturated carbocycles. The van der Waals surface area contributed by atoms with E-state index in [0.717, 1.165) is 24.0 Å². The highest BCUT2D eigenvalue weighted by atomic mass is 35.5. The molecule has 2 rings (SSSR count). The molecule has 0 spiro atoms. The van der Waals surface area contributed by atoms with Crippen LogP contribution in [0.4, 0.5) is 0 Å². The van der Waals surface area contributed by atoms with Crippen molar-refractivity contribution >= 4 is 23.3 Å². The van der Waals surface area contributed by atoms with Crippen molar-refractivity contribution in [2.75, 3.05) is 5.88 Å². The molecule has 0 bridgehead atoms. The zero-order valence-electron chi connectivity index (χ0n) is 11.0. The van der Waals surface area contributed by atoms with Crippen LogP contribution in [-0.2, 0) is 15.1 Å². The van der Waals surface area contributed by atoms with Crippen molar-refractivity contribution in [1.29, 1.82) is 0 Å². The van der Waals surface area contributed by atoms with E-state index in [1.54, 1.807) is 0 Å². The molecule has 1 fully saturated rings. The SMILES string of the molecule is Cc1ccccc1C1(NC(=O)CCl)CCCCC1=O. The van der Waals surface area contributed by atoms with Gasteiger partial charge in [-0.2, -0.15) is 0 Å². The van der Waals surface area contributed by atoms with Crippen molar-refractivity contribution < 1.29 is 9.59 Å². The van der Waals surface area contributed by atoms with E-state index in [4.69, 9.17) is 11.6 Å². The van der Waals surface area contributed by atoms with Crippen molar-refractivity contribution in [3.63, 3.8) is 0 Å². The van der Waals surface area contributed by atoms with Gasteiger partial charge in [0.2, 0.25) is 5.91 Å². The largest absolute Gasteiger partial charge is 0.339 e. The Morgan fingerprint density at radius 3 is 2.74 bits per heavy atom. The van der Waals surface area contributed by atoms with Gasteiger partial charge in [-0.3, -0.25) is 9.59 Å². The minimum atomic E-state index is -0.879. The third-order valence-corrected chi connectivity index (χ3v) is 4.00. The van der Waals surface area contributed by atoms with Gasteiger partial charge in [-0.25, -0.2) is 0 Å². The lowest BCUT2D eigenvalue weighted by atomic mass is 9.74. The molecule has 1 aromatic rings. The molecule has 19 heavy (non-hydrogen) atoms. The van der Waals surface area contributed by atoms with Crippen LogP contribution in [0.2, 0.25) is 0 Å². The molecule has 0 saturated heterocycles. The molecule has 0 radical (unpaired) electrons. The fraction of sp³-hybridized carbons (Fsp3) is 0.467. The number of halogens is 1. The Hall–Kier alpha value is -1.35. The average Bonchev–Trinajstić information content (AvgIpc) is 2.42. The highest BCUT2D eigenvalue weighted by Gasteiger charge is 2.43. The Balaban J connectivity index is 2.47. The summed E-state index contributed by atoms with van der Waals surface area (Å²) in [4.78, 5) is 24.2. The van der Waals surface area contributed by atoms with Gasteiger partial charge in [-0.15, -0.1) is 11.6 Å². The van der Waals surface area contributed by atoms with Crippen LogP contribution < -0.4 is 5.32 Å². The minimum Gasteiger partial charge on any atom is -0.339 e. The van der Waals surface area contributed by atoms with Crippen molar-refractivity contribution in [2.24, 2.45) is 0 Å². The first-order valence-corrected chi connectivity index (χ1v) is 7.10. The van der Waals surface area contributed by atoms with Crippen LogP contribution in [0.25, 0.3) is 0 Å². The summed E-state index contributed by atoms with van der Waals surface area (Å²) in [6.45, 7) is 1.96. The van der Waals surface area contributed by atoms with Crippen LogP contribution >= 0.6 is 11.6 Å². The third kappa shape index (κ3) is 2.66. The third-order valence-electron chi connectivity index (χ3n) is 3.76. The van der Waals surface area contributed by atoms with Crippen LogP contribution in [-0.4, -0.2) is 17.6 Å². The van der Waals surface area contributed by atoms with E-state index in [-0.39, 0.29) is 17.6 Å². The zero-order valence-corrected chi connectivity index (χ0v) is 11.8. The molecule has 0 heterocycles. The minimum absolute atomic E-state index is 0.0894. The smallest absolute Gasteiger partial charge is 0.235 e. The van der Waals surface area contributed by atoms with Crippen LogP contribution in [0.5, 0.6) is 0 Å². The van der Waals surface area contributed by atoms with Gasteiger partial charge in [0.15, 0.2) is 5.78 Å². The number of carbonyl (C=O) groups is 2. The highest BCUT2D eigenvalue weighted by Crippen LogP contribution is 2.36. The summed E-state index contributed by atoms with van der Waals surface area (Å²) in [6.07, 6.45) is 2.99. The summed E-state index contributed by atoms with van der Waals surface area (Å²) >= 11 is 5.58. The molecule has 3 nitrogen and oxygen atoms in total. The Kier molecular flexibility index (Phi) is 4.25. The van der Waals surface area contributed by atoms with E-state index in [0.29, 0.717) is 12.8 Å². The van der Waals surface area contributed by atoms with Crippen molar-refractivity contribution in [1.82, 2.24) is 5.32 Å². The molecule has 0 aromatic heterocycles. The molecule has 1 aromatic carbocycles. The number of nitrogens with one attached hydrogen (secondary N) is 1. The quantitative estimate of drug-likeness (QED) is 0.865. The number of alkyl halides is 1. The van der Waals surface area contributed by atoms with E-state index in [9.17, 15) is 9.59 Å². The van der Waals surface area contributed by atoms with Crippen LogP contribution in [0.1, 0.15) is 36.8 Å². The second-order valence-corrected chi connectivity index (χ2v) is 5.30. The van der Waals surface area contributed by atoms with Gasteiger partial charge in [-0.1, -0.05) is 24.3 Å². The van der Waals surface area contributed by atoms with Gasteiger partial charge in [0.25, 0.3) is 0 Å². The lowest BCUT2D eigenvalue weighted by Crippen LogP contribution is -2.54.